The summed E-state index contributed by atoms with van der Waals surface area (Å²) in [5.74, 6) is 2.07. The molecule has 0 saturated heterocycles. The van der Waals surface area contributed by atoms with E-state index in [4.69, 9.17) is 28.3 Å². The van der Waals surface area contributed by atoms with Crippen molar-refractivity contribution < 1.29 is 5.11 Å². The Hall–Kier alpha value is 0.0700. The predicted molar refractivity (Wildman–Crippen MR) is 86.5 cm³/mol. The number of hydrogen-bond donors (Lipinski definition) is 2. The van der Waals surface area contributed by atoms with Gasteiger partial charge in [0.1, 0.15) is 0 Å². The Kier molecular flexibility index (Phi) is 8.92. The first-order valence-electron chi connectivity index (χ1n) is 6.56. The minimum Gasteiger partial charge on any atom is -0.396 e. The van der Waals surface area contributed by atoms with Crippen molar-refractivity contribution in [3.8, 4) is 0 Å². The highest BCUT2D eigenvalue weighted by Crippen LogP contribution is 2.26. The maximum Gasteiger partial charge on any atom is 0.0595 e. The molecule has 0 spiro atoms. The Morgan fingerprint density at radius 3 is 2.68 bits per heavy atom. The van der Waals surface area contributed by atoms with Crippen LogP contribution in [-0.4, -0.2) is 29.8 Å². The van der Waals surface area contributed by atoms with Crippen LogP contribution < -0.4 is 5.32 Å². The quantitative estimate of drug-likeness (QED) is 0.670. The van der Waals surface area contributed by atoms with Gasteiger partial charge in [-0.15, -0.1) is 0 Å². The summed E-state index contributed by atoms with van der Waals surface area (Å²) in [6, 6.07) is 6.12. The van der Waals surface area contributed by atoms with E-state index in [1.54, 1.807) is 0 Å². The Balaban J connectivity index is 2.38. The minimum absolute atomic E-state index is 0.279. The van der Waals surface area contributed by atoms with E-state index in [9.17, 15) is 0 Å². The van der Waals surface area contributed by atoms with Crippen LogP contribution in [-0.2, 0) is 0 Å². The summed E-state index contributed by atoms with van der Waals surface area (Å²) in [7, 11) is 0. The van der Waals surface area contributed by atoms with Crippen molar-refractivity contribution >= 4 is 35.0 Å². The van der Waals surface area contributed by atoms with Crippen molar-refractivity contribution in [2.45, 2.75) is 25.8 Å². The van der Waals surface area contributed by atoms with Crippen LogP contribution in [0.15, 0.2) is 18.2 Å². The summed E-state index contributed by atoms with van der Waals surface area (Å²) in [6.45, 7) is 3.38. The van der Waals surface area contributed by atoms with Crippen LogP contribution in [0.4, 0.5) is 0 Å². The summed E-state index contributed by atoms with van der Waals surface area (Å²) >= 11 is 13.8. The molecule has 1 atom stereocenters. The molecule has 2 N–H and O–H groups in total. The molecule has 1 rings (SSSR count). The van der Waals surface area contributed by atoms with Gasteiger partial charge in [0.05, 0.1) is 10.0 Å². The third kappa shape index (κ3) is 6.37. The lowest BCUT2D eigenvalue weighted by Gasteiger charge is -2.18. The zero-order chi connectivity index (χ0) is 14.1. The van der Waals surface area contributed by atoms with E-state index >= 15 is 0 Å². The Labute approximate surface area is 129 Å². The molecule has 2 nitrogen and oxygen atoms in total. The Bertz CT molecular complexity index is 376. The largest absolute Gasteiger partial charge is 0.396 e. The van der Waals surface area contributed by atoms with Crippen molar-refractivity contribution in [3.05, 3.63) is 33.8 Å². The SMILES string of the molecule is CCC(NCCSCCCO)c1ccc(Cl)c(Cl)c1. The minimum atomic E-state index is 0.279. The molecule has 0 fully saturated rings. The molecule has 5 heteroatoms. The van der Waals surface area contributed by atoms with Gasteiger partial charge >= 0.3 is 0 Å². The lowest BCUT2D eigenvalue weighted by atomic mass is 10.0. The molecular weight excluding hydrogens is 301 g/mol. The highest BCUT2D eigenvalue weighted by atomic mass is 35.5. The second-order valence-electron chi connectivity index (χ2n) is 4.28. The van der Waals surface area contributed by atoms with Gasteiger partial charge in [0.2, 0.25) is 0 Å². The molecule has 1 aromatic rings. The van der Waals surface area contributed by atoms with Crippen molar-refractivity contribution in [1.29, 1.82) is 0 Å². The van der Waals surface area contributed by atoms with Crippen molar-refractivity contribution in [2.24, 2.45) is 0 Å². The van der Waals surface area contributed by atoms with E-state index in [-0.39, 0.29) is 6.61 Å². The maximum absolute atomic E-state index is 8.69. The second-order valence-corrected chi connectivity index (χ2v) is 6.32. The standard InChI is InChI=1S/C14H21Cl2NOS/c1-2-14(17-6-9-19-8-3-7-18)11-4-5-12(15)13(16)10-11/h4-5,10,14,17-18H,2-3,6-9H2,1H3. The Morgan fingerprint density at radius 1 is 1.26 bits per heavy atom. The van der Waals surface area contributed by atoms with Crippen LogP contribution in [0.3, 0.4) is 0 Å². The van der Waals surface area contributed by atoms with Crippen LogP contribution in [0.5, 0.6) is 0 Å². The monoisotopic (exact) mass is 321 g/mol. The van der Waals surface area contributed by atoms with Crippen LogP contribution in [0, 0.1) is 0 Å². The van der Waals surface area contributed by atoms with Gasteiger partial charge in [-0.25, -0.2) is 0 Å². The van der Waals surface area contributed by atoms with Crippen LogP contribution >= 0.6 is 35.0 Å². The molecule has 1 unspecified atom stereocenters. The first kappa shape index (κ1) is 17.1. The van der Waals surface area contributed by atoms with Crippen molar-refractivity contribution in [2.75, 3.05) is 24.7 Å². The van der Waals surface area contributed by atoms with Gasteiger partial charge in [0.15, 0.2) is 0 Å². The summed E-state index contributed by atoms with van der Waals surface area (Å²) in [4.78, 5) is 0. The van der Waals surface area contributed by atoms with E-state index in [0.717, 1.165) is 30.9 Å². The summed E-state index contributed by atoms with van der Waals surface area (Å²) < 4.78 is 0. The molecule has 0 aliphatic heterocycles. The molecule has 108 valence electrons. The van der Waals surface area contributed by atoms with Crippen molar-refractivity contribution in [3.63, 3.8) is 0 Å². The van der Waals surface area contributed by atoms with E-state index in [2.05, 4.69) is 12.2 Å². The number of hydrogen-bond acceptors (Lipinski definition) is 3. The topological polar surface area (TPSA) is 32.3 Å². The fourth-order valence-corrected chi connectivity index (χ4v) is 2.91. The molecule has 19 heavy (non-hydrogen) atoms. The molecule has 0 bridgehead atoms. The van der Waals surface area contributed by atoms with Gasteiger partial charge in [-0.1, -0.05) is 36.2 Å². The van der Waals surface area contributed by atoms with Crippen LogP contribution in [0.25, 0.3) is 0 Å². The smallest absolute Gasteiger partial charge is 0.0595 e. The lowest BCUT2D eigenvalue weighted by Crippen LogP contribution is -2.23. The predicted octanol–water partition coefficient (Wildman–Crippen LogP) is 4.15. The van der Waals surface area contributed by atoms with Crippen molar-refractivity contribution in [1.82, 2.24) is 5.32 Å². The number of rotatable bonds is 9. The van der Waals surface area contributed by atoms with Gasteiger partial charge in [-0.2, -0.15) is 11.8 Å². The number of aliphatic hydroxyl groups is 1. The van der Waals surface area contributed by atoms with Gasteiger partial charge in [0.25, 0.3) is 0 Å². The second kappa shape index (κ2) is 9.89. The van der Waals surface area contributed by atoms with E-state index in [0.29, 0.717) is 16.1 Å². The van der Waals surface area contributed by atoms with Gasteiger partial charge in [-0.05, 0) is 36.3 Å². The van der Waals surface area contributed by atoms with Gasteiger partial charge in [-0.3, -0.25) is 0 Å². The van der Waals surface area contributed by atoms with E-state index in [1.807, 2.05) is 30.0 Å². The molecule has 0 amide bonds. The number of benzene rings is 1. The number of nitrogens with one attached hydrogen (secondary N) is 1. The molecule has 1 aromatic carbocycles. The molecular formula is C14H21Cl2NOS. The fraction of sp³-hybridized carbons (Fsp3) is 0.571. The zero-order valence-corrected chi connectivity index (χ0v) is 13.5. The number of halogens is 2. The fourth-order valence-electron chi connectivity index (χ4n) is 1.80. The maximum atomic E-state index is 8.69. The van der Waals surface area contributed by atoms with Gasteiger partial charge in [0, 0.05) is 24.9 Å². The number of thioether (sulfide) groups is 1. The molecule has 0 aliphatic rings. The van der Waals surface area contributed by atoms with Crippen LogP contribution in [0.2, 0.25) is 10.0 Å². The lowest BCUT2D eigenvalue weighted by molar-refractivity contribution is 0.296. The molecule has 0 aliphatic carbocycles. The third-order valence-electron chi connectivity index (χ3n) is 2.84. The summed E-state index contributed by atoms with van der Waals surface area (Å²) in [5, 5.41) is 13.4. The normalized spacial score (nSPS) is 12.6. The third-order valence-corrected chi connectivity index (χ3v) is 4.65. The van der Waals surface area contributed by atoms with E-state index < -0.39 is 0 Å². The molecule has 0 heterocycles. The number of aliphatic hydroxyl groups excluding tert-OH is 1. The molecule has 0 saturated carbocycles. The average molecular weight is 322 g/mol. The van der Waals surface area contributed by atoms with Gasteiger partial charge < -0.3 is 10.4 Å². The molecule has 0 radical (unpaired) electrons. The average Bonchev–Trinajstić information content (AvgIpc) is 2.41. The zero-order valence-electron chi connectivity index (χ0n) is 11.2. The highest BCUT2D eigenvalue weighted by molar-refractivity contribution is 7.99. The first-order valence-corrected chi connectivity index (χ1v) is 8.47. The summed E-state index contributed by atoms with van der Waals surface area (Å²) in [5.41, 5.74) is 1.18. The Morgan fingerprint density at radius 2 is 2.05 bits per heavy atom. The van der Waals surface area contributed by atoms with Crippen LogP contribution in [0.1, 0.15) is 31.4 Å². The van der Waals surface area contributed by atoms with E-state index in [1.165, 1.54) is 5.56 Å². The first-order chi connectivity index (χ1) is 9.19. The summed E-state index contributed by atoms with van der Waals surface area (Å²) in [6.07, 6.45) is 1.88. The highest BCUT2D eigenvalue weighted by Gasteiger charge is 2.09. The molecule has 0 aromatic heterocycles.